The van der Waals surface area contributed by atoms with Gasteiger partial charge in [-0.15, -0.1) is 0 Å². The second-order valence-electron chi connectivity index (χ2n) is 3.93. The summed E-state index contributed by atoms with van der Waals surface area (Å²) in [4.78, 5) is 2.02. The van der Waals surface area contributed by atoms with E-state index in [-0.39, 0.29) is 11.5 Å². The predicted molar refractivity (Wildman–Crippen MR) is 63.6 cm³/mol. The molecule has 0 spiro atoms. The Labute approximate surface area is 98.9 Å². The highest BCUT2D eigenvalue weighted by molar-refractivity contribution is 8.13. The summed E-state index contributed by atoms with van der Waals surface area (Å²) in [6.45, 7) is 0.833. The Balaban J connectivity index is 2.45. The van der Waals surface area contributed by atoms with Crippen LogP contribution in [-0.4, -0.2) is 27.1 Å². The number of benzene rings is 1. The van der Waals surface area contributed by atoms with Crippen molar-refractivity contribution >= 4 is 25.4 Å². The Morgan fingerprint density at radius 2 is 2.19 bits per heavy atom. The van der Waals surface area contributed by atoms with E-state index in [1.54, 1.807) is 6.07 Å². The fraction of sp³-hybridized carbons (Fsp3) is 0.400. The summed E-state index contributed by atoms with van der Waals surface area (Å²) in [5, 5.41) is 9.94. The first-order valence-corrected chi connectivity index (χ1v) is 7.33. The van der Waals surface area contributed by atoms with Crippen molar-refractivity contribution in [2.24, 2.45) is 0 Å². The monoisotopic (exact) mass is 261 g/mol. The lowest BCUT2D eigenvalue weighted by Crippen LogP contribution is -2.12. The van der Waals surface area contributed by atoms with E-state index in [9.17, 15) is 13.5 Å². The van der Waals surface area contributed by atoms with Gasteiger partial charge >= 0.3 is 0 Å². The molecule has 16 heavy (non-hydrogen) atoms. The number of phenolic OH excluding ortho intramolecular Hbond substituents is 1. The van der Waals surface area contributed by atoms with Crippen LogP contribution in [0.2, 0.25) is 0 Å². The van der Waals surface area contributed by atoms with Crippen molar-refractivity contribution in [3.63, 3.8) is 0 Å². The molecule has 0 radical (unpaired) electrons. The van der Waals surface area contributed by atoms with E-state index in [2.05, 4.69) is 0 Å². The highest BCUT2D eigenvalue weighted by Gasteiger charge is 2.22. The molecule has 1 aromatic rings. The zero-order valence-electron chi connectivity index (χ0n) is 8.77. The van der Waals surface area contributed by atoms with Gasteiger partial charge in [0.2, 0.25) is 9.05 Å². The minimum atomic E-state index is -3.63. The molecule has 0 saturated heterocycles. The van der Waals surface area contributed by atoms with Crippen molar-refractivity contribution < 1.29 is 13.5 Å². The van der Waals surface area contributed by atoms with Gasteiger partial charge in [-0.3, -0.25) is 0 Å². The van der Waals surface area contributed by atoms with Crippen LogP contribution in [-0.2, 0) is 21.2 Å². The summed E-state index contributed by atoms with van der Waals surface area (Å²) in [6, 6.07) is 3.43. The molecule has 0 unspecified atom stereocenters. The van der Waals surface area contributed by atoms with E-state index in [4.69, 9.17) is 10.7 Å². The summed E-state index contributed by atoms with van der Waals surface area (Å²) in [7, 11) is 3.47. The van der Waals surface area contributed by atoms with Crippen LogP contribution in [0.15, 0.2) is 12.1 Å². The molecule has 0 amide bonds. The molecule has 0 saturated carbocycles. The van der Waals surface area contributed by atoms with Crippen LogP contribution in [0.4, 0.5) is 5.69 Å². The van der Waals surface area contributed by atoms with Crippen molar-refractivity contribution in [1.29, 1.82) is 0 Å². The summed E-state index contributed by atoms with van der Waals surface area (Å²) >= 11 is 0. The van der Waals surface area contributed by atoms with Crippen molar-refractivity contribution in [2.75, 3.05) is 18.5 Å². The SMILES string of the molecule is CN1CCc2c1ccc(CS(=O)(=O)Cl)c2O. The van der Waals surface area contributed by atoms with Crippen molar-refractivity contribution in [3.8, 4) is 5.75 Å². The number of nitrogens with zero attached hydrogens (tertiary/aromatic N) is 1. The van der Waals surface area contributed by atoms with E-state index in [1.807, 2.05) is 18.0 Å². The summed E-state index contributed by atoms with van der Waals surface area (Å²) in [5.74, 6) is -0.275. The van der Waals surface area contributed by atoms with Gasteiger partial charge in [0.1, 0.15) is 5.75 Å². The topological polar surface area (TPSA) is 57.6 Å². The molecule has 2 rings (SSSR count). The third-order valence-corrected chi connectivity index (χ3v) is 3.76. The number of rotatable bonds is 2. The minimum Gasteiger partial charge on any atom is -0.507 e. The van der Waals surface area contributed by atoms with Gasteiger partial charge in [-0.1, -0.05) is 6.07 Å². The molecular formula is C10H12ClNO3S. The lowest BCUT2D eigenvalue weighted by Gasteiger charge is -2.13. The van der Waals surface area contributed by atoms with Gasteiger partial charge in [-0.2, -0.15) is 0 Å². The zero-order valence-corrected chi connectivity index (χ0v) is 10.3. The van der Waals surface area contributed by atoms with E-state index >= 15 is 0 Å². The van der Waals surface area contributed by atoms with Crippen LogP contribution in [0, 0.1) is 0 Å². The molecule has 0 aliphatic carbocycles. The molecule has 0 aromatic heterocycles. The summed E-state index contributed by atoms with van der Waals surface area (Å²) in [5.41, 5.74) is 2.12. The zero-order chi connectivity index (χ0) is 11.9. The summed E-state index contributed by atoms with van der Waals surface area (Å²) < 4.78 is 21.9. The van der Waals surface area contributed by atoms with Gasteiger partial charge < -0.3 is 10.0 Å². The fourth-order valence-electron chi connectivity index (χ4n) is 1.98. The molecular weight excluding hydrogens is 250 g/mol. The number of hydrogen-bond acceptors (Lipinski definition) is 4. The van der Waals surface area contributed by atoms with E-state index < -0.39 is 9.05 Å². The van der Waals surface area contributed by atoms with Crippen LogP contribution in [0.25, 0.3) is 0 Å². The first-order chi connectivity index (χ1) is 7.38. The van der Waals surface area contributed by atoms with Crippen molar-refractivity contribution in [1.82, 2.24) is 0 Å². The number of halogens is 1. The Morgan fingerprint density at radius 1 is 1.50 bits per heavy atom. The molecule has 1 N–H and O–H groups in total. The van der Waals surface area contributed by atoms with Crippen LogP contribution in [0.3, 0.4) is 0 Å². The van der Waals surface area contributed by atoms with Crippen LogP contribution >= 0.6 is 10.7 Å². The Hall–Kier alpha value is -0.940. The quantitative estimate of drug-likeness (QED) is 0.819. The second kappa shape index (κ2) is 3.82. The van der Waals surface area contributed by atoms with E-state index in [1.165, 1.54) is 0 Å². The van der Waals surface area contributed by atoms with Gasteiger partial charge in [0, 0.05) is 41.1 Å². The first-order valence-electron chi connectivity index (χ1n) is 4.85. The molecule has 1 aliphatic heterocycles. The third-order valence-electron chi connectivity index (χ3n) is 2.78. The average Bonchev–Trinajstić information content (AvgIpc) is 2.52. The van der Waals surface area contributed by atoms with Crippen molar-refractivity contribution in [2.45, 2.75) is 12.2 Å². The van der Waals surface area contributed by atoms with Gasteiger partial charge in [-0.05, 0) is 12.5 Å². The molecule has 6 heteroatoms. The lowest BCUT2D eigenvalue weighted by atomic mass is 10.1. The Bertz CT molecular complexity index is 527. The maximum Gasteiger partial charge on any atom is 0.236 e. The summed E-state index contributed by atoms with van der Waals surface area (Å²) in [6.07, 6.45) is 0.730. The second-order valence-corrected chi connectivity index (χ2v) is 6.70. The number of anilines is 1. The normalized spacial score (nSPS) is 15.2. The molecule has 1 heterocycles. The minimum absolute atomic E-state index is 0.0612. The van der Waals surface area contributed by atoms with Crippen LogP contribution < -0.4 is 4.90 Å². The number of fused-ring (bicyclic) bond motifs is 1. The van der Waals surface area contributed by atoms with Crippen molar-refractivity contribution in [3.05, 3.63) is 23.3 Å². The van der Waals surface area contributed by atoms with Gasteiger partial charge in [-0.25, -0.2) is 8.42 Å². The average molecular weight is 262 g/mol. The molecule has 88 valence electrons. The maximum absolute atomic E-state index is 11.0. The highest BCUT2D eigenvalue weighted by atomic mass is 35.7. The van der Waals surface area contributed by atoms with Gasteiger partial charge in [0.05, 0.1) is 5.75 Å². The molecule has 0 bridgehead atoms. The van der Waals surface area contributed by atoms with Crippen LogP contribution in [0.1, 0.15) is 11.1 Å². The Morgan fingerprint density at radius 3 is 2.81 bits per heavy atom. The highest BCUT2D eigenvalue weighted by Crippen LogP contribution is 2.36. The number of aromatic hydroxyl groups is 1. The predicted octanol–water partition coefficient (Wildman–Crippen LogP) is 1.45. The number of phenols is 1. The van der Waals surface area contributed by atoms with Crippen LogP contribution in [0.5, 0.6) is 5.75 Å². The first kappa shape index (κ1) is 11.5. The maximum atomic E-state index is 11.0. The number of likely N-dealkylation sites (N-methyl/N-ethyl adjacent to an activating group) is 1. The molecule has 0 atom stereocenters. The van der Waals surface area contributed by atoms with Gasteiger partial charge in [0.25, 0.3) is 0 Å². The van der Waals surface area contributed by atoms with Gasteiger partial charge in [0.15, 0.2) is 0 Å². The standard InChI is InChI=1S/C10H12ClNO3S/c1-12-5-4-8-9(12)3-2-7(10(8)13)6-16(11,14)15/h2-3,13H,4-6H2,1H3. The lowest BCUT2D eigenvalue weighted by molar-refractivity contribution is 0.465. The Kier molecular flexibility index (Phi) is 2.75. The molecule has 1 aliphatic rings. The third kappa shape index (κ3) is 2.10. The molecule has 1 aromatic carbocycles. The fourth-order valence-corrected chi connectivity index (χ4v) is 2.94. The smallest absolute Gasteiger partial charge is 0.236 e. The molecule has 4 nitrogen and oxygen atoms in total. The largest absolute Gasteiger partial charge is 0.507 e. The number of hydrogen-bond donors (Lipinski definition) is 1. The van der Waals surface area contributed by atoms with E-state index in [0.29, 0.717) is 5.56 Å². The molecule has 0 fully saturated rings. The van der Waals surface area contributed by atoms with E-state index in [0.717, 1.165) is 24.2 Å².